The van der Waals surface area contributed by atoms with Crippen LogP contribution in [0.3, 0.4) is 0 Å². The predicted octanol–water partition coefficient (Wildman–Crippen LogP) is 4.26. The van der Waals surface area contributed by atoms with E-state index in [0.717, 1.165) is 38.6 Å². The number of piperidine rings is 1. The molecule has 0 spiro atoms. The number of benzene rings is 2. The number of carbonyl (C=O) groups is 1. The van der Waals surface area contributed by atoms with E-state index in [1.54, 1.807) is 0 Å². The van der Waals surface area contributed by atoms with Crippen LogP contribution < -0.4 is 10.6 Å². The minimum absolute atomic E-state index is 0. The molecule has 1 amide bonds. The molecule has 0 saturated carbocycles. The van der Waals surface area contributed by atoms with Gasteiger partial charge in [0.15, 0.2) is 0 Å². The summed E-state index contributed by atoms with van der Waals surface area (Å²) in [6.07, 6.45) is 5.61. The van der Waals surface area contributed by atoms with Crippen molar-refractivity contribution < 1.29 is 4.79 Å². The standard InChI is InChI=1S/C23H28N2O.ClH/c1-16-13-20(11-12-24-16)25-23(26)8-4-5-17-9-10-19-15-18-6-2-3-7-21(18)22(19)14-17;/h2-3,6-7,9-10,14,16,20,24H,4-5,8,11-13,15H2,1H3,(H,25,26);1H. The maximum atomic E-state index is 12.2. The van der Waals surface area contributed by atoms with Crippen molar-refractivity contribution in [3.05, 3.63) is 59.2 Å². The smallest absolute Gasteiger partial charge is 0.220 e. The summed E-state index contributed by atoms with van der Waals surface area (Å²) in [7, 11) is 0. The Bertz CT molecular complexity index is 805. The fraction of sp³-hybridized carbons (Fsp3) is 0.435. The van der Waals surface area contributed by atoms with Gasteiger partial charge in [0.2, 0.25) is 5.91 Å². The van der Waals surface area contributed by atoms with Gasteiger partial charge in [0, 0.05) is 18.5 Å². The second kappa shape index (κ2) is 8.90. The maximum absolute atomic E-state index is 12.2. The Morgan fingerprint density at radius 3 is 2.81 bits per heavy atom. The average Bonchev–Trinajstić information content (AvgIpc) is 3.00. The number of amides is 1. The van der Waals surface area contributed by atoms with Gasteiger partial charge in [0.1, 0.15) is 0 Å². The summed E-state index contributed by atoms with van der Waals surface area (Å²) in [6.45, 7) is 3.19. The molecule has 1 aliphatic carbocycles. The van der Waals surface area contributed by atoms with Crippen molar-refractivity contribution in [1.29, 1.82) is 0 Å². The topological polar surface area (TPSA) is 41.1 Å². The second-order valence-corrected chi connectivity index (χ2v) is 7.82. The third-order valence-electron chi connectivity index (χ3n) is 5.72. The number of fused-ring (bicyclic) bond motifs is 3. The summed E-state index contributed by atoms with van der Waals surface area (Å²) in [4.78, 5) is 12.2. The number of rotatable bonds is 5. The third kappa shape index (κ3) is 4.72. The van der Waals surface area contributed by atoms with E-state index in [2.05, 4.69) is 60.0 Å². The Hall–Kier alpha value is -1.84. The number of halogens is 1. The summed E-state index contributed by atoms with van der Waals surface area (Å²) < 4.78 is 0. The molecule has 0 aromatic heterocycles. The van der Waals surface area contributed by atoms with E-state index in [0.29, 0.717) is 18.5 Å². The van der Waals surface area contributed by atoms with Crippen molar-refractivity contribution in [2.24, 2.45) is 0 Å². The van der Waals surface area contributed by atoms with E-state index in [9.17, 15) is 4.79 Å². The van der Waals surface area contributed by atoms with Crippen LogP contribution >= 0.6 is 12.4 Å². The molecule has 0 radical (unpaired) electrons. The van der Waals surface area contributed by atoms with Gasteiger partial charge in [-0.05, 0) is 73.4 Å². The zero-order valence-corrected chi connectivity index (χ0v) is 16.8. The highest BCUT2D eigenvalue weighted by Gasteiger charge is 2.20. The number of hydrogen-bond donors (Lipinski definition) is 2. The van der Waals surface area contributed by atoms with E-state index in [1.165, 1.54) is 27.8 Å². The summed E-state index contributed by atoms with van der Waals surface area (Å²) in [6, 6.07) is 16.4. The summed E-state index contributed by atoms with van der Waals surface area (Å²) in [5.41, 5.74) is 6.94. The Kier molecular flexibility index (Phi) is 6.56. The fourth-order valence-corrected chi connectivity index (χ4v) is 4.34. The molecule has 2 atom stereocenters. The molecule has 2 N–H and O–H groups in total. The van der Waals surface area contributed by atoms with Crippen molar-refractivity contribution in [2.75, 3.05) is 6.54 Å². The number of aryl methyl sites for hydroxylation is 1. The Morgan fingerprint density at radius 2 is 1.96 bits per heavy atom. The van der Waals surface area contributed by atoms with Gasteiger partial charge >= 0.3 is 0 Å². The van der Waals surface area contributed by atoms with Crippen molar-refractivity contribution >= 4 is 18.3 Å². The lowest BCUT2D eigenvalue weighted by Crippen LogP contribution is -2.46. The van der Waals surface area contributed by atoms with Crippen LogP contribution in [0, 0.1) is 0 Å². The van der Waals surface area contributed by atoms with E-state index in [-0.39, 0.29) is 18.3 Å². The lowest BCUT2D eigenvalue weighted by atomic mass is 9.99. The fourth-order valence-electron chi connectivity index (χ4n) is 4.34. The number of hydrogen-bond acceptors (Lipinski definition) is 2. The van der Waals surface area contributed by atoms with Gasteiger partial charge in [-0.25, -0.2) is 0 Å². The number of nitrogens with one attached hydrogen (secondary N) is 2. The van der Waals surface area contributed by atoms with Gasteiger partial charge < -0.3 is 10.6 Å². The van der Waals surface area contributed by atoms with Gasteiger partial charge in [-0.15, -0.1) is 12.4 Å². The van der Waals surface area contributed by atoms with Crippen molar-refractivity contribution in [3.8, 4) is 11.1 Å². The van der Waals surface area contributed by atoms with Crippen LogP contribution in [0.1, 0.15) is 49.3 Å². The molecule has 0 bridgehead atoms. The molecular formula is C23H29ClN2O. The molecule has 3 nitrogen and oxygen atoms in total. The maximum Gasteiger partial charge on any atom is 0.220 e. The van der Waals surface area contributed by atoms with Crippen molar-refractivity contribution in [3.63, 3.8) is 0 Å². The first-order chi connectivity index (χ1) is 12.7. The van der Waals surface area contributed by atoms with Gasteiger partial charge in [-0.2, -0.15) is 0 Å². The van der Waals surface area contributed by atoms with Crippen LogP contribution in [-0.2, 0) is 17.6 Å². The molecule has 1 heterocycles. The minimum Gasteiger partial charge on any atom is -0.353 e. The Balaban J connectivity index is 0.00000210. The van der Waals surface area contributed by atoms with E-state index < -0.39 is 0 Å². The van der Waals surface area contributed by atoms with Gasteiger partial charge in [-0.1, -0.05) is 42.5 Å². The summed E-state index contributed by atoms with van der Waals surface area (Å²) >= 11 is 0. The van der Waals surface area contributed by atoms with Crippen molar-refractivity contribution in [2.45, 2.75) is 57.5 Å². The lowest BCUT2D eigenvalue weighted by molar-refractivity contribution is -0.122. The summed E-state index contributed by atoms with van der Waals surface area (Å²) in [5.74, 6) is 0.204. The molecule has 144 valence electrons. The molecule has 1 saturated heterocycles. The van der Waals surface area contributed by atoms with Crippen LogP contribution in [0.25, 0.3) is 11.1 Å². The zero-order valence-electron chi connectivity index (χ0n) is 16.0. The highest BCUT2D eigenvalue weighted by Crippen LogP contribution is 2.36. The van der Waals surface area contributed by atoms with Crippen LogP contribution in [-0.4, -0.2) is 24.5 Å². The van der Waals surface area contributed by atoms with E-state index >= 15 is 0 Å². The highest BCUT2D eigenvalue weighted by atomic mass is 35.5. The largest absolute Gasteiger partial charge is 0.353 e. The third-order valence-corrected chi connectivity index (χ3v) is 5.72. The number of carbonyl (C=O) groups excluding carboxylic acids is 1. The first-order valence-electron chi connectivity index (χ1n) is 9.92. The Morgan fingerprint density at radius 1 is 1.15 bits per heavy atom. The van der Waals surface area contributed by atoms with Crippen molar-refractivity contribution in [1.82, 2.24) is 10.6 Å². The SMILES string of the molecule is CC1CC(NC(=O)CCCc2ccc3c(c2)-c2ccccc2C3)CCN1.Cl. The van der Waals surface area contributed by atoms with Gasteiger partial charge in [0.05, 0.1) is 0 Å². The van der Waals surface area contributed by atoms with Crippen LogP contribution in [0.2, 0.25) is 0 Å². The van der Waals surface area contributed by atoms with Gasteiger partial charge in [0.25, 0.3) is 0 Å². The Labute approximate surface area is 168 Å². The molecule has 27 heavy (non-hydrogen) atoms. The van der Waals surface area contributed by atoms with Crippen LogP contribution in [0.5, 0.6) is 0 Å². The molecular weight excluding hydrogens is 356 g/mol. The molecule has 2 aromatic carbocycles. The average molecular weight is 385 g/mol. The predicted molar refractivity (Wildman–Crippen MR) is 113 cm³/mol. The zero-order chi connectivity index (χ0) is 17.9. The molecule has 1 fully saturated rings. The minimum atomic E-state index is 0. The quantitative estimate of drug-likeness (QED) is 0.690. The van der Waals surface area contributed by atoms with Crippen LogP contribution in [0.15, 0.2) is 42.5 Å². The normalized spacial score (nSPS) is 20.3. The first kappa shape index (κ1) is 19.9. The first-order valence-corrected chi connectivity index (χ1v) is 9.92. The molecule has 1 aliphatic heterocycles. The van der Waals surface area contributed by atoms with Gasteiger partial charge in [-0.3, -0.25) is 4.79 Å². The van der Waals surface area contributed by atoms with Crippen LogP contribution in [0.4, 0.5) is 0 Å². The van der Waals surface area contributed by atoms with E-state index in [4.69, 9.17) is 0 Å². The highest BCUT2D eigenvalue weighted by molar-refractivity contribution is 5.85. The molecule has 4 heteroatoms. The molecule has 2 unspecified atom stereocenters. The molecule has 4 rings (SSSR count). The molecule has 2 aliphatic rings. The monoisotopic (exact) mass is 384 g/mol. The van der Waals surface area contributed by atoms with E-state index in [1.807, 2.05) is 0 Å². The second-order valence-electron chi connectivity index (χ2n) is 7.82. The molecule has 2 aromatic rings. The lowest BCUT2D eigenvalue weighted by Gasteiger charge is -2.28. The summed E-state index contributed by atoms with van der Waals surface area (Å²) in [5, 5.41) is 6.64.